The highest BCUT2D eigenvalue weighted by atomic mass is 32.1. The molecule has 4 nitrogen and oxygen atoms in total. The van der Waals surface area contributed by atoms with Crippen LogP contribution < -0.4 is 4.80 Å². The summed E-state index contributed by atoms with van der Waals surface area (Å²) in [5.41, 5.74) is 2.37. The molecule has 20 heavy (non-hydrogen) atoms. The number of carbonyl (C=O) groups is 1. The lowest BCUT2D eigenvalue weighted by Gasteiger charge is -2.06. The molecule has 1 aliphatic rings. The summed E-state index contributed by atoms with van der Waals surface area (Å²) >= 11 is 1.58. The minimum Gasteiger partial charge on any atom is -0.383 e. The monoisotopic (exact) mass is 290 g/mol. The summed E-state index contributed by atoms with van der Waals surface area (Å²) in [5.74, 6) is 0.192. The number of rotatable bonds is 4. The number of ether oxygens (including phenoxy) is 1. The Hall–Kier alpha value is -1.46. The van der Waals surface area contributed by atoms with Crippen LogP contribution >= 0.6 is 11.3 Å². The van der Waals surface area contributed by atoms with Gasteiger partial charge >= 0.3 is 0 Å². The Kier molecular flexibility index (Phi) is 3.72. The van der Waals surface area contributed by atoms with E-state index < -0.39 is 0 Å². The van der Waals surface area contributed by atoms with E-state index in [0.29, 0.717) is 6.61 Å². The van der Waals surface area contributed by atoms with E-state index in [1.54, 1.807) is 18.4 Å². The predicted octanol–water partition coefficient (Wildman–Crippen LogP) is 2.49. The lowest BCUT2D eigenvalue weighted by Crippen LogP contribution is -2.20. The van der Waals surface area contributed by atoms with Crippen LogP contribution in [0.15, 0.2) is 23.2 Å². The molecule has 1 fully saturated rings. The topological polar surface area (TPSA) is 43.6 Å². The Labute approximate surface area is 121 Å². The first-order valence-corrected chi connectivity index (χ1v) is 7.69. The van der Waals surface area contributed by atoms with E-state index in [0.717, 1.165) is 29.7 Å². The molecular formula is C15H18N2O2S. The third-order valence-corrected chi connectivity index (χ3v) is 4.60. The second-order valence-electron chi connectivity index (χ2n) is 5.18. The van der Waals surface area contributed by atoms with E-state index >= 15 is 0 Å². The third kappa shape index (κ3) is 2.55. The molecule has 0 aliphatic heterocycles. The summed E-state index contributed by atoms with van der Waals surface area (Å²) in [4.78, 5) is 17.1. The number of nitrogens with zero attached hydrogens (tertiary/aromatic N) is 2. The summed E-state index contributed by atoms with van der Waals surface area (Å²) in [6, 6.07) is 6.21. The number of hydrogen-bond donors (Lipinski definition) is 0. The molecule has 0 radical (unpaired) electrons. The van der Waals surface area contributed by atoms with Gasteiger partial charge in [0, 0.05) is 19.6 Å². The third-order valence-electron chi connectivity index (χ3n) is 3.55. The van der Waals surface area contributed by atoms with Crippen molar-refractivity contribution in [1.29, 1.82) is 0 Å². The average molecular weight is 290 g/mol. The zero-order chi connectivity index (χ0) is 14.1. The summed E-state index contributed by atoms with van der Waals surface area (Å²) in [7, 11) is 1.69. The van der Waals surface area contributed by atoms with Crippen LogP contribution in [0.25, 0.3) is 10.2 Å². The van der Waals surface area contributed by atoms with Gasteiger partial charge in [-0.2, -0.15) is 4.99 Å². The van der Waals surface area contributed by atoms with E-state index in [2.05, 4.69) is 28.6 Å². The number of benzene rings is 1. The first kappa shape index (κ1) is 13.5. The van der Waals surface area contributed by atoms with E-state index in [4.69, 9.17) is 4.74 Å². The van der Waals surface area contributed by atoms with Crippen LogP contribution in [0.1, 0.15) is 18.4 Å². The molecule has 1 aliphatic carbocycles. The van der Waals surface area contributed by atoms with Crippen LogP contribution in [0, 0.1) is 12.8 Å². The van der Waals surface area contributed by atoms with Crippen molar-refractivity contribution in [2.75, 3.05) is 13.7 Å². The Morgan fingerprint density at radius 2 is 2.30 bits per heavy atom. The van der Waals surface area contributed by atoms with Gasteiger partial charge in [0.05, 0.1) is 16.8 Å². The first-order chi connectivity index (χ1) is 9.70. The van der Waals surface area contributed by atoms with Crippen LogP contribution in [-0.4, -0.2) is 24.2 Å². The molecule has 0 saturated heterocycles. The van der Waals surface area contributed by atoms with Crippen molar-refractivity contribution >= 4 is 27.5 Å². The Morgan fingerprint density at radius 3 is 3.00 bits per heavy atom. The fourth-order valence-corrected chi connectivity index (χ4v) is 3.44. The second-order valence-corrected chi connectivity index (χ2v) is 6.18. The number of hydrogen-bond acceptors (Lipinski definition) is 3. The largest absolute Gasteiger partial charge is 0.383 e. The Bertz CT molecular complexity index is 710. The van der Waals surface area contributed by atoms with E-state index in [1.807, 2.05) is 6.07 Å². The van der Waals surface area contributed by atoms with Crippen LogP contribution in [0.5, 0.6) is 0 Å². The van der Waals surface area contributed by atoms with E-state index in [1.165, 1.54) is 10.3 Å². The van der Waals surface area contributed by atoms with Crippen molar-refractivity contribution in [2.45, 2.75) is 26.3 Å². The van der Waals surface area contributed by atoms with Gasteiger partial charge in [0.2, 0.25) is 0 Å². The summed E-state index contributed by atoms with van der Waals surface area (Å²) in [6.45, 7) is 3.42. The number of aromatic nitrogens is 1. The number of amides is 1. The molecule has 1 saturated carbocycles. The average Bonchev–Trinajstić information content (AvgIpc) is 3.21. The lowest BCUT2D eigenvalue weighted by molar-refractivity contribution is -0.119. The molecule has 0 unspecified atom stereocenters. The SMILES string of the molecule is COCCn1c(=NC(=O)C2CC2)sc2cccc(C)c21. The molecular weight excluding hydrogens is 272 g/mol. The summed E-state index contributed by atoms with van der Waals surface area (Å²) < 4.78 is 8.46. The number of carbonyl (C=O) groups excluding carboxylic acids is 1. The molecule has 1 heterocycles. The molecule has 3 rings (SSSR count). The molecule has 2 aromatic rings. The fourth-order valence-electron chi connectivity index (χ4n) is 2.30. The van der Waals surface area contributed by atoms with Crippen LogP contribution in [0.4, 0.5) is 0 Å². The smallest absolute Gasteiger partial charge is 0.251 e. The molecule has 0 atom stereocenters. The van der Waals surface area contributed by atoms with Gasteiger partial charge in [-0.25, -0.2) is 0 Å². The van der Waals surface area contributed by atoms with Gasteiger partial charge in [-0.05, 0) is 31.4 Å². The maximum atomic E-state index is 12.0. The molecule has 5 heteroatoms. The normalized spacial score (nSPS) is 16.0. The molecule has 0 bridgehead atoms. The van der Waals surface area contributed by atoms with Gasteiger partial charge in [0.25, 0.3) is 5.91 Å². The van der Waals surface area contributed by atoms with Gasteiger partial charge in [0.15, 0.2) is 4.80 Å². The number of methoxy groups -OCH3 is 1. The highest BCUT2D eigenvalue weighted by Crippen LogP contribution is 2.30. The van der Waals surface area contributed by atoms with Gasteiger partial charge < -0.3 is 9.30 Å². The van der Waals surface area contributed by atoms with Crippen LogP contribution in [0.2, 0.25) is 0 Å². The van der Waals surface area contributed by atoms with E-state index in [9.17, 15) is 4.79 Å². The molecule has 106 valence electrons. The summed E-state index contributed by atoms with van der Waals surface area (Å²) in [6.07, 6.45) is 1.98. The van der Waals surface area contributed by atoms with Gasteiger partial charge in [0.1, 0.15) is 0 Å². The highest BCUT2D eigenvalue weighted by molar-refractivity contribution is 7.16. The van der Waals surface area contributed by atoms with Crippen LogP contribution in [0.3, 0.4) is 0 Å². The Morgan fingerprint density at radius 1 is 1.50 bits per heavy atom. The second kappa shape index (κ2) is 5.50. The van der Waals surface area contributed by atoms with Gasteiger partial charge in [-0.1, -0.05) is 23.5 Å². The van der Waals surface area contributed by atoms with Crippen LogP contribution in [-0.2, 0) is 16.1 Å². The van der Waals surface area contributed by atoms with Crippen molar-refractivity contribution in [2.24, 2.45) is 10.9 Å². The zero-order valence-corrected chi connectivity index (χ0v) is 12.6. The number of fused-ring (bicyclic) bond motifs is 1. The Balaban J connectivity index is 2.14. The van der Waals surface area contributed by atoms with Crippen molar-refractivity contribution in [3.8, 4) is 0 Å². The first-order valence-electron chi connectivity index (χ1n) is 6.87. The minimum absolute atomic E-state index is 0.0281. The molecule has 0 spiro atoms. The molecule has 0 N–H and O–H groups in total. The zero-order valence-electron chi connectivity index (χ0n) is 11.8. The number of aryl methyl sites for hydroxylation is 1. The fraction of sp³-hybridized carbons (Fsp3) is 0.467. The van der Waals surface area contributed by atoms with E-state index in [-0.39, 0.29) is 11.8 Å². The molecule has 1 aromatic heterocycles. The number of para-hydroxylation sites is 1. The van der Waals surface area contributed by atoms with Crippen molar-refractivity contribution in [3.63, 3.8) is 0 Å². The standard InChI is InChI=1S/C15H18N2O2S/c1-10-4-3-5-12-13(10)17(8-9-19-2)15(20-12)16-14(18)11-6-7-11/h3-5,11H,6-9H2,1-2H3. The minimum atomic E-state index is 0.0281. The predicted molar refractivity (Wildman–Crippen MR) is 79.7 cm³/mol. The highest BCUT2D eigenvalue weighted by Gasteiger charge is 2.29. The number of thiazole rings is 1. The van der Waals surface area contributed by atoms with Crippen molar-refractivity contribution < 1.29 is 9.53 Å². The van der Waals surface area contributed by atoms with Gasteiger partial charge in [-0.15, -0.1) is 0 Å². The van der Waals surface area contributed by atoms with Crippen molar-refractivity contribution in [1.82, 2.24) is 4.57 Å². The maximum Gasteiger partial charge on any atom is 0.251 e. The molecule has 1 aromatic carbocycles. The summed E-state index contributed by atoms with van der Waals surface area (Å²) in [5, 5.41) is 0. The quantitative estimate of drug-likeness (QED) is 0.868. The molecule has 1 amide bonds. The maximum absolute atomic E-state index is 12.0. The van der Waals surface area contributed by atoms with Crippen molar-refractivity contribution in [3.05, 3.63) is 28.6 Å². The van der Waals surface area contributed by atoms with Gasteiger partial charge in [-0.3, -0.25) is 4.79 Å². The lowest BCUT2D eigenvalue weighted by atomic mass is 10.2.